The number of nitrogens with one attached hydrogen (secondary N) is 2. The predicted octanol–water partition coefficient (Wildman–Crippen LogP) is 2.61. The SMILES string of the molecule is CC1(C)CN(C(CNC(=O)c2cccc(=O)[nH]2)c2ccc(Cl)cc2)CCO1. The van der Waals surface area contributed by atoms with Gasteiger partial charge in [0.25, 0.3) is 5.91 Å². The molecule has 6 nitrogen and oxygen atoms in total. The van der Waals surface area contributed by atoms with Crippen molar-refractivity contribution < 1.29 is 9.53 Å². The smallest absolute Gasteiger partial charge is 0.267 e. The summed E-state index contributed by atoms with van der Waals surface area (Å²) >= 11 is 6.03. The summed E-state index contributed by atoms with van der Waals surface area (Å²) in [7, 11) is 0. The molecule has 0 aliphatic carbocycles. The fourth-order valence-electron chi connectivity index (χ4n) is 3.33. The van der Waals surface area contributed by atoms with Crippen LogP contribution in [-0.2, 0) is 4.74 Å². The van der Waals surface area contributed by atoms with Crippen molar-refractivity contribution in [2.75, 3.05) is 26.2 Å². The molecule has 7 heteroatoms. The van der Waals surface area contributed by atoms with Crippen molar-refractivity contribution >= 4 is 17.5 Å². The number of pyridine rings is 1. The number of morpholine rings is 1. The van der Waals surface area contributed by atoms with Gasteiger partial charge in [-0.05, 0) is 37.6 Å². The Kier molecular flexibility index (Phi) is 5.99. The van der Waals surface area contributed by atoms with E-state index in [1.54, 1.807) is 12.1 Å². The van der Waals surface area contributed by atoms with Crippen LogP contribution >= 0.6 is 11.6 Å². The third-order valence-corrected chi connectivity index (χ3v) is 4.87. The van der Waals surface area contributed by atoms with Gasteiger partial charge in [0, 0.05) is 30.7 Å². The van der Waals surface area contributed by atoms with E-state index in [-0.39, 0.29) is 28.8 Å². The van der Waals surface area contributed by atoms with Crippen molar-refractivity contribution in [3.63, 3.8) is 0 Å². The van der Waals surface area contributed by atoms with Gasteiger partial charge >= 0.3 is 0 Å². The molecule has 1 amide bonds. The molecule has 0 bridgehead atoms. The number of rotatable bonds is 5. The largest absolute Gasteiger partial charge is 0.373 e. The van der Waals surface area contributed by atoms with Crippen molar-refractivity contribution in [1.29, 1.82) is 0 Å². The topological polar surface area (TPSA) is 74.4 Å². The molecule has 1 unspecified atom stereocenters. The number of halogens is 1. The van der Waals surface area contributed by atoms with Crippen molar-refractivity contribution in [2.24, 2.45) is 0 Å². The summed E-state index contributed by atoms with van der Waals surface area (Å²) in [6, 6.07) is 12.2. The first-order valence-electron chi connectivity index (χ1n) is 8.95. The maximum atomic E-state index is 12.5. The zero-order valence-corrected chi connectivity index (χ0v) is 16.3. The van der Waals surface area contributed by atoms with Crippen LogP contribution in [0.15, 0.2) is 47.3 Å². The second-order valence-corrected chi connectivity index (χ2v) is 7.72. The third kappa shape index (κ3) is 5.19. The number of carbonyl (C=O) groups is 1. The monoisotopic (exact) mass is 389 g/mol. The molecular weight excluding hydrogens is 366 g/mol. The van der Waals surface area contributed by atoms with Crippen LogP contribution in [0.25, 0.3) is 0 Å². The van der Waals surface area contributed by atoms with Gasteiger partial charge in [0.1, 0.15) is 5.69 Å². The van der Waals surface area contributed by atoms with Crippen LogP contribution in [0, 0.1) is 0 Å². The highest BCUT2D eigenvalue weighted by Crippen LogP contribution is 2.27. The number of H-pyrrole nitrogens is 1. The second-order valence-electron chi connectivity index (χ2n) is 7.28. The Balaban J connectivity index is 1.78. The van der Waals surface area contributed by atoms with Crippen LogP contribution < -0.4 is 10.9 Å². The Bertz CT molecular complexity index is 848. The van der Waals surface area contributed by atoms with Gasteiger partial charge in [0.15, 0.2) is 0 Å². The average Bonchev–Trinajstić information content (AvgIpc) is 2.62. The maximum absolute atomic E-state index is 12.5. The zero-order chi connectivity index (χ0) is 19.4. The zero-order valence-electron chi connectivity index (χ0n) is 15.5. The first-order valence-corrected chi connectivity index (χ1v) is 9.33. The van der Waals surface area contributed by atoms with Gasteiger partial charge in [-0.15, -0.1) is 0 Å². The molecule has 1 atom stereocenters. The van der Waals surface area contributed by atoms with E-state index < -0.39 is 0 Å². The van der Waals surface area contributed by atoms with E-state index in [2.05, 4.69) is 29.0 Å². The molecule has 0 saturated carbocycles. The van der Waals surface area contributed by atoms with Crippen molar-refractivity contribution in [1.82, 2.24) is 15.2 Å². The molecule has 0 radical (unpaired) electrons. The van der Waals surface area contributed by atoms with Gasteiger partial charge < -0.3 is 15.0 Å². The van der Waals surface area contributed by atoms with E-state index in [9.17, 15) is 9.59 Å². The fourth-order valence-corrected chi connectivity index (χ4v) is 3.45. The van der Waals surface area contributed by atoms with Gasteiger partial charge in [0.2, 0.25) is 5.56 Å². The van der Waals surface area contributed by atoms with Gasteiger partial charge in [-0.3, -0.25) is 14.5 Å². The molecule has 1 fully saturated rings. The summed E-state index contributed by atoms with van der Waals surface area (Å²) in [4.78, 5) is 28.7. The van der Waals surface area contributed by atoms with Gasteiger partial charge in [0.05, 0.1) is 18.2 Å². The van der Waals surface area contributed by atoms with Crippen molar-refractivity contribution in [3.8, 4) is 0 Å². The summed E-state index contributed by atoms with van der Waals surface area (Å²) in [5.74, 6) is -0.306. The number of aromatic nitrogens is 1. The highest BCUT2D eigenvalue weighted by atomic mass is 35.5. The minimum Gasteiger partial charge on any atom is -0.373 e. The van der Waals surface area contributed by atoms with Crippen molar-refractivity contribution in [3.05, 3.63) is 69.1 Å². The number of amides is 1. The number of hydrogen-bond donors (Lipinski definition) is 2. The van der Waals surface area contributed by atoms with E-state index >= 15 is 0 Å². The first kappa shape index (κ1) is 19.6. The van der Waals surface area contributed by atoms with Crippen LogP contribution in [0.5, 0.6) is 0 Å². The second kappa shape index (κ2) is 8.25. The molecule has 2 heterocycles. The lowest BCUT2D eigenvalue weighted by Gasteiger charge is -2.42. The molecular formula is C20H24ClN3O3. The van der Waals surface area contributed by atoms with Crippen molar-refractivity contribution in [2.45, 2.75) is 25.5 Å². The summed E-state index contributed by atoms with van der Waals surface area (Å²) in [6.45, 7) is 6.69. The number of nitrogens with zero attached hydrogens (tertiary/aromatic N) is 1. The molecule has 2 aromatic rings. The summed E-state index contributed by atoms with van der Waals surface area (Å²) < 4.78 is 5.82. The number of ether oxygens (including phenoxy) is 1. The van der Waals surface area contributed by atoms with E-state index in [1.165, 1.54) is 6.07 Å². The lowest BCUT2D eigenvalue weighted by atomic mass is 10.0. The number of carbonyl (C=O) groups excluding carboxylic acids is 1. The molecule has 2 N–H and O–H groups in total. The molecule has 3 rings (SSSR count). The van der Waals surface area contributed by atoms with Gasteiger partial charge in [-0.25, -0.2) is 0 Å². The number of aromatic amines is 1. The first-order chi connectivity index (χ1) is 12.8. The third-order valence-electron chi connectivity index (χ3n) is 4.62. The fraction of sp³-hybridized carbons (Fsp3) is 0.400. The average molecular weight is 390 g/mol. The summed E-state index contributed by atoms with van der Waals surface area (Å²) in [6.07, 6.45) is 0. The van der Waals surface area contributed by atoms with Crippen LogP contribution in [0.1, 0.15) is 35.9 Å². The summed E-state index contributed by atoms with van der Waals surface area (Å²) in [5.41, 5.74) is 0.767. The lowest BCUT2D eigenvalue weighted by molar-refractivity contribution is -0.0972. The predicted molar refractivity (Wildman–Crippen MR) is 105 cm³/mol. The van der Waals surface area contributed by atoms with Crippen LogP contribution in [0.3, 0.4) is 0 Å². The van der Waals surface area contributed by atoms with E-state index in [4.69, 9.17) is 16.3 Å². The normalized spacial score (nSPS) is 18.0. The molecule has 27 heavy (non-hydrogen) atoms. The van der Waals surface area contributed by atoms with Crippen LogP contribution in [0.2, 0.25) is 5.02 Å². The molecule has 0 spiro atoms. The maximum Gasteiger partial charge on any atom is 0.267 e. The quantitative estimate of drug-likeness (QED) is 0.824. The Morgan fingerprint density at radius 2 is 2.04 bits per heavy atom. The van der Waals surface area contributed by atoms with Crippen LogP contribution in [0.4, 0.5) is 0 Å². The van der Waals surface area contributed by atoms with Gasteiger partial charge in [-0.1, -0.05) is 29.8 Å². The standard InChI is InChI=1S/C20H24ClN3O3/c1-20(2)13-24(10-11-27-20)17(14-6-8-15(21)9-7-14)12-22-19(26)16-4-3-5-18(25)23-16/h3-9,17H,10-13H2,1-2H3,(H,22,26)(H,23,25). The molecule has 144 valence electrons. The minimum atomic E-state index is -0.306. The van der Waals surface area contributed by atoms with E-state index in [0.717, 1.165) is 18.7 Å². The van der Waals surface area contributed by atoms with Gasteiger partial charge in [-0.2, -0.15) is 0 Å². The molecule has 1 aliphatic heterocycles. The minimum absolute atomic E-state index is 0.0233. The highest BCUT2D eigenvalue weighted by Gasteiger charge is 2.32. The molecule has 1 saturated heterocycles. The Labute approximate surface area is 163 Å². The molecule has 1 aromatic heterocycles. The molecule has 1 aromatic carbocycles. The Morgan fingerprint density at radius 1 is 1.30 bits per heavy atom. The highest BCUT2D eigenvalue weighted by molar-refractivity contribution is 6.30. The Morgan fingerprint density at radius 3 is 2.70 bits per heavy atom. The van der Waals surface area contributed by atoms with Crippen LogP contribution in [-0.4, -0.2) is 47.6 Å². The lowest BCUT2D eigenvalue weighted by Crippen LogP contribution is -2.51. The number of hydrogen-bond acceptors (Lipinski definition) is 4. The summed E-state index contributed by atoms with van der Waals surface area (Å²) in [5, 5.41) is 3.61. The number of benzene rings is 1. The Hall–Kier alpha value is -2.15. The van der Waals surface area contributed by atoms with E-state index in [0.29, 0.717) is 18.2 Å². The van der Waals surface area contributed by atoms with E-state index in [1.807, 2.05) is 24.3 Å². The molecule has 1 aliphatic rings.